The lowest BCUT2D eigenvalue weighted by Gasteiger charge is -2.33. The number of aromatic nitrogens is 1. The molecule has 198 valence electrons. The number of nitrogens with zero attached hydrogens (tertiary/aromatic N) is 4. The van der Waals surface area contributed by atoms with E-state index in [1.165, 1.54) is 29.5 Å². The van der Waals surface area contributed by atoms with Crippen LogP contribution in [0.25, 0.3) is 11.6 Å². The maximum absolute atomic E-state index is 13.4. The van der Waals surface area contributed by atoms with E-state index in [4.69, 9.17) is 0 Å². The zero-order valence-electron chi connectivity index (χ0n) is 23.1. The molecule has 0 radical (unpaired) electrons. The van der Waals surface area contributed by atoms with E-state index in [2.05, 4.69) is 69.0 Å². The summed E-state index contributed by atoms with van der Waals surface area (Å²) in [5.74, 6) is 0.879. The van der Waals surface area contributed by atoms with E-state index in [9.17, 15) is 9.59 Å². The van der Waals surface area contributed by atoms with E-state index in [-0.39, 0.29) is 17.7 Å². The summed E-state index contributed by atoms with van der Waals surface area (Å²) < 4.78 is 1.94. The van der Waals surface area contributed by atoms with Crippen molar-refractivity contribution >= 4 is 23.5 Å². The SMILES string of the molecule is CC[C@H](CN(C)[C@@H]1Cc2cn(C(=O)CN3CCCC3)c3c2C(=CCC=C3)C(C)C1)C(=O)N(CC)CC. The van der Waals surface area contributed by atoms with Crippen LogP contribution in [-0.4, -0.2) is 83.4 Å². The molecule has 6 heteroatoms. The summed E-state index contributed by atoms with van der Waals surface area (Å²) in [5, 5.41) is 0. The molecule has 1 unspecified atom stereocenters. The lowest BCUT2D eigenvalue weighted by Crippen LogP contribution is -2.44. The van der Waals surface area contributed by atoms with Gasteiger partial charge in [0.05, 0.1) is 18.2 Å². The summed E-state index contributed by atoms with van der Waals surface area (Å²) in [7, 11) is 2.19. The van der Waals surface area contributed by atoms with Crippen LogP contribution < -0.4 is 0 Å². The van der Waals surface area contributed by atoms with Crippen LogP contribution in [0.1, 0.15) is 81.4 Å². The summed E-state index contributed by atoms with van der Waals surface area (Å²) in [6.07, 6.45) is 15.0. The van der Waals surface area contributed by atoms with Crippen molar-refractivity contribution < 1.29 is 9.59 Å². The molecule has 0 N–H and O–H groups in total. The molecule has 2 heterocycles. The number of allylic oxidation sites excluding steroid dienone is 3. The molecule has 36 heavy (non-hydrogen) atoms. The first-order chi connectivity index (χ1) is 17.4. The van der Waals surface area contributed by atoms with Gasteiger partial charge in [-0.3, -0.25) is 19.1 Å². The van der Waals surface area contributed by atoms with Gasteiger partial charge in [0.15, 0.2) is 0 Å². The molecule has 0 spiro atoms. The Hall–Kier alpha value is -2.18. The summed E-state index contributed by atoms with van der Waals surface area (Å²) in [4.78, 5) is 33.2. The van der Waals surface area contributed by atoms with Crippen LogP contribution in [0.3, 0.4) is 0 Å². The van der Waals surface area contributed by atoms with Gasteiger partial charge in [0.25, 0.3) is 0 Å². The van der Waals surface area contributed by atoms with Crippen LogP contribution in [0.15, 0.2) is 18.3 Å². The lowest BCUT2D eigenvalue weighted by atomic mass is 9.90. The van der Waals surface area contributed by atoms with Crippen LogP contribution in [0, 0.1) is 11.8 Å². The number of hydrogen-bond donors (Lipinski definition) is 0. The maximum atomic E-state index is 13.4. The van der Waals surface area contributed by atoms with Gasteiger partial charge in [0, 0.05) is 37.4 Å². The monoisotopic (exact) mass is 494 g/mol. The van der Waals surface area contributed by atoms with Crippen molar-refractivity contribution in [2.45, 2.75) is 72.3 Å². The third-order valence-electron chi connectivity index (χ3n) is 8.65. The molecule has 0 bridgehead atoms. The molecule has 3 atom stereocenters. The normalized spacial score (nSPS) is 22.7. The summed E-state index contributed by atoms with van der Waals surface area (Å²) >= 11 is 0. The number of hydrogen-bond acceptors (Lipinski definition) is 4. The van der Waals surface area contributed by atoms with Gasteiger partial charge >= 0.3 is 0 Å². The van der Waals surface area contributed by atoms with Crippen LogP contribution >= 0.6 is 0 Å². The fourth-order valence-corrected chi connectivity index (χ4v) is 6.45. The van der Waals surface area contributed by atoms with Crippen molar-refractivity contribution in [1.82, 2.24) is 19.3 Å². The molecule has 1 aromatic heterocycles. The number of likely N-dealkylation sites (N-methyl/N-ethyl adjacent to an activating group) is 1. The highest BCUT2D eigenvalue weighted by Gasteiger charge is 2.33. The van der Waals surface area contributed by atoms with Crippen LogP contribution in [0.5, 0.6) is 0 Å². The third-order valence-corrected chi connectivity index (χ3v) is 8.65. The Morgan fingerprint density at radius 3 is 2.53 bits per heavy atom. The minimum atomic E-state index is 0.0203. The second kappa shape index (κ2) is 11.9. The summed E-state index contributed by atoms with van der Waals surface area (Å²) in [6.45, 7) is 13.4. The minimum absolute atomic E-state index is 0.0203. The topological polar surface area (TPSA) is 48.8 Å². The summed E-state index contributed by atoms with van der Waals surface area (Å²) in [6, 6.07) is 0.337. The van der Waals surface area contributed by atoms with Gasteiger partial charge in [-0.2, -0.15) is 0 Å². The Morgan fingerprint density at radius 2 is 1.86 bits per heavy atom. The predicted octanol–water partition coefficient (Wildman–Crippen LogP) is 4.80. The van der Waals surface area contributed by atoms with Crippen molar-refractivity contribution in [3.63, 3.8) is 0 Å². The van der Waals surface area contributed by atoms with E-state index in [0.717, 1.165) is 64.1 Å². The van der Waals surface area contributed by atoms with Gasteiger partial charge in [-0.1, -0.05) is 26.0 Å². The van der Waals surface area contributed by atoms with Crippen molar-refractivity contribution in [2.24, 2.45) is 11.8 Å². The number of carbonyl (C=O) groups is 2. The van der Waals surface area contributed by atoms with Gasteiger partial charge in [-0.15, -0.1) is 0 Å². The molecular formula is C30H46N4O2. The number of amides is 1. The Morgan fingerprint density at radius 1 is 1.14 bits per heavy atom. The molecule has 2 aliphatic carbocycles. The average Bonchev–Trinajstić information content (AvgIpc) is 3.40. The second-order valence-electron chi connectivity index (χ2n) is 11.0. The maximum Gasteiger partial charge on any atom is 0.245 e. The molecule has 6 nitrogen and oxygen atoms in total. The number of likely N-dealkylation sites (tertiary alicyclic amines) is 1. The van der Waals surface area contributed by atoms with Crippen molar-refractivity contribution in [2.75, 3.05) is 46.3 Å². The standard InChI is InChI=1S/C30H46N4O2/c1-6-23(30(36)33(7-2)8-3)19-31(5)25-17-22(4)26-13-9-10-14-27-29(26)24(18-25)20-34(27)28(35)21-32-15-11-12-16-32/h10,13-14,20,22-23,25H,6-9,11-12,15-19,21H2,1-5H3/t22?,23-,25+/m1/s1. The summed E-state index contributed by atoms with van der Waals surface area (Å²) in [5.41, 5.74) is 5.02. The van der Waals surface area contributed by atoms with E-state index in [1.807, 2.05) is 9.47 Å². The molecule has 1 aliphatic heterocycles. The fraction of sp³-hybridized carbons (Fsp3) is 0.667. The quantitative estimate of drug-likeness (QED) is 0.495. The highest BCUT2D eigenvalue weighted by atomic mass is 16.2. The van der Waals surface area contributed by atoms with Gasteiger partial charge < -0.3 is 9.80 Å². The van der Waals surface area contributed by atoms with Crippen molar-refractivity contribution in [3.05, 3.63) is 35.2 Å². The van der Waals surface area contributed by atoms with Gasteiger partial charge in [-0.25, -0.2) is 0 Å². The number of rotatable bonds is 9. The van der Waals surface area contributed by atoms with E-state index in [0.29, 0.717) is 18.5 Å². The van der Waals surface area contributed by atoms with Gasteiger partial charge in [-0.05, 0) is 95.6 Å². The van der Waals surface area contributed by atoms with E-state index in [1.54, 1.807) is 0 Å². The highest BCUT2D eigenvalue weighted by Crippen LogP contribution is 2.40. The molecule has 3 aliphatic rings. The first kappa shape index (κ1) is 26.9. The van der Waals surface area contributed by atoms with E-state index >= 15 is 0 Å². The zero-order valence-corrected chi connectivity index (χ0v) is 23.1. The van der Waals surface area contributed by atoms with Crippen LogP contribution in [-0.2, 0) is 11.2 Å². The molecule has 1 fully saturated rings. The van der Waals surface area contributed by atoms with Crippen molar-refractivity contribution in [3.8, 4) is 0 Å². The lowest BCUT2D eigenvalue weighted by molar-refractivity contribution is -0.136. The van der Waals surface area contributed by atoms with Crippen LogP contribution in [0.4, 0.5) is 0 Å². The largest absolute Gasteiger partial charge is 0.343 e. The molecule has 4 rings (SSSR count). The average molecular weight is 495 g/mol. The van der Waals surface area contributed by atoms with E-state index < -0.39 is 0 Å². The second-order valence-corrected chi connectivity index (χ2v) is 11.0. The first-order valence-electron chi connectivity index (χ1n) is 14.2. The number of carbonyl (C=O) groups excluding carboxylic acids is 2. The van der Waals surface area contributed by atoms with Crippen LogP contribution in [0.2, 0.25) is 0 Å². The first-order valence-corrected chi connectivity index (χ1v) is 14.2. The van der Waals surface area contributed by atoms with Gasteiger partial charge in [0.1, 0.15) is 0 Å². The zero-order chi connectivity index (χ0) is 25.8. The predicted molar refractivity (Wildman–Crippen MR) is 148 cm³/mol. The molecule has 1 aromatic rings. The molecule has 0 aromatic carbocycles. The Labute approximate surface area is 218 Å². The fourth-order valence-electron chi connectivity index (χ4n) is 6.45. The smallest absolute Gasteiger partial charge is 0.245 e. The Kier molecular flexibility index (Phi) is 8.89. The Balaban J connectivity index is 1.59. The molecular weight excluding hydrogens is 448 g/mol. The van der Waals surface area contributed by atoms with Crippen molar-refractivity contribution in [1.29, 1.82) is 0 Å². The minimum Gasteiger partial charge on any atom is -0.343 e. The third kappa shape index (κ3) is 5.55. The molecule has 0 saturated carbocycles. The highest BCUT2D eigenvalue weighted by molar-refractivity contribution is 5.89. The van der Waals surface area contributed by atoms with Gasteiger partial charge in [0.2, 0.25) is 11.8 Å². The molecule has 1 amide bonds. The molecule has 1 saturated heterocycles. The Bertz CT molecular complexity index is 997.